The Morgan fingerprint density at radius 1 is 0.941 bits per heavy atom. The maximum Gasteiger partial charge on any atom is 0.115 e. The average Bonchev–Trinajstić information content (AvgIpc) is 2.38. The molecule has 88 valence electrons. The number of phenolic OH excluding ortho intramolecular Hbond substituents is 1. The van der Waals surface area contributed by atoms with Gasteiger partial charge in [0, 0.05) is 0 Å². The molecule has 1 atom stereocenters. The van der Waals surface area contributed by atoms with Crippen molar-refractivity contribution in [3.63, 3.8) is 0 Å². The Labute approximate surface area is 108 Å². The Balaban J connectivity index is 2.14. The second-order valence-electron chi connectivity index (χ2n) is 4.16. The third-order valence-electron chi connectivity index (χ3n) is 2.91. The topological polar surface area (TPSA) is 20.2 Å². The van der Waals surface area contributed by atoms with Crippen LogP contribution in [-0.4, -0.2) is 10.9 Å². The molecule has 0 amide bonds. The van der Waals surface area contributed by atoms with E-state index in [1.54, 1.807) is 12.1 Å². The molecule has 0 aliphatic carbocycles. The Morgan fingerprint density at radius 2 is 1.59 bits per heavy atom. The van der Waals surface area contributed by atoms with Gasteiger partial charge in [-0.1, -0.05) is 42.5 Å². The normalized spacial score (nSPS) is 12.3. The van der Waals surface area contributed by atoms with Gasteiger partial charge in [-0.3, -0.25) is 0 Å². The fourth-order valence-corrected chi connectivity index (χ4v) is 2.27. The Hall–Kier alpha value is -1.41. The molecule has 1 N–H and O–H groups in total. The number of thiol groups is 1. The van der Waals surface area contributed by atoms with Gasteiger partial charge in [0.05, 0.1) is 0 Å². The second-order valence-corrected chi connectivity index (χ2v) is 4.53. The molecule has 0 aromatic heterocycles. The molecule has 2 heteroatoms. The Kier molecular flexibility index (Phi) is 4.10. The van der Waals surface area contributed by atoms with E-state index in [4.69, 9.17) is 0 Å². The molecule has 0 saturated heterocycles. The molecule has 0 heterocycles. The summed E-state index contributed by atoms with van der Waals surface area (Å²) in [5.74, 6) is 1.51. The lowest BCUT2D eigenvalue weighted by atomic mass is 9.93. The summed E-state index contributed by atoms with van der Waals surface area (Å²) in [5.41, 5.74) is 2.54. The van der Waals surface area contributed by atoms with Crippen LogP contribution in [0, 0.1) is 0 Å². The molecule has 0 aliphatic rings. The van der Waals surface area contributed by atoms with E-state index in [0.29, 0.717) is 11.7 Å². The molecule has 0 aliphatic heterocycles. The van der Waals surface area contributed by atoms with Crippen molar-refractivity contribution < 1.29 is 5.11 Å². The fourth-order valence-electron chi connectivity index (χ4n) is 1.93. The first-order valence-corrected chi connectivity index (χ1v) is 6.36. The summed E-state index contributed by atoms with van der Waals surface area (Å²) in [6.45, 7) is 0. The predicted octanol–water partition coefficient (Wildman–Crippen LogP) is 3.65. The number of rotatable bonds is 4. The number of aromatic hydroxyl groups is 1. The molecule has 0 radical (unpaired) electrons. The summed E-state index contributed by atoms with van der Waals surface area (Å²) in [6, 6.07) is 17.8. The van der Waals surface area contributed by atoms with Crippen LogP contribution in [-0.2, 0) is 6.42 Å². The lowest BCUT2D eigenvalue weighted by Crippen LogP contribution is -2.04. The monoisotopic (exact) mass is 244 g/mol. The van der Waals surface area contributed by atoms with Gasteiger partial charge in [-0.15, -0.1) is 0 Å². The lowest BCUT2D eigenvalue weighted by Gasteiger charge is -2.15. The van der Waals surface area contributed by atoms with Crippen molar-refractivity contribution in [3.05, 3.63) is 65.7 Å². The predicted molar refractivity (Wildman–Crippen MR) is 74.8 cm³/mol. The minimum atomic E-state index is 0.311. The maximum atomic E-state index is 9.28. The quantitative estimate of drug-likeness (QED) is 0.787. The molecule has 0 spiro atoms. The van der Waals surface area contributed by atoms with Gasteiger partial charge < -0.3 is 5.11 Å². The molecule has 2 aromatic carbocycles. The molecule has 1 unspecified atom stereocenters. The minimum Gasteiger partial charge on any atom is -0.508 e. The van der Waals surface area contributed by atoms with E-state index in [9.17, 15) is 5.11 Å². The van der Waals surface area contributed by atoms with Crippen molar-refractivity contribution >= 4 is 12.6 Å². The summed E-state index contributed by atoms with van der Waals surface area (Å²) in [4.78, 5) is 0. The average molecular weight is 244 g/mol. The number of benzene rings is 2. The van der Waals surface area contributed by atoms with Gasteiger partial charge >= 0.3 is 0 Å². The van der Waals surface area contributed by atoms with E-state index in [2.05, 4.69) is 36.9 Å². The highest BCUT2D eigenvalue weighted by atomic mass is 32.1. The Morgan fingerprint density at radius 3 is 2.18 bits per heavy atom. The van der Waals surface area contributed by atoms with E-state index in [0.717, 1.165) is 12.2 Å². The number of phenols is 1. The van der Waals surface area contributed by atoms with E-state index in [1.165, 1.54) is 11.1 Å². The maximum absolute atomic E-state index is 9.28. The van der Waals surface area contributed by atoms with Crippen LogP contribution in [0.5, 0.6) is 5.75 Å². The first kappa shape index (κ1) is 12.1. The third kappa shape index (κ3) is 3.27. The van der Waals surface area contributed by atoms with Crippen LogP contribution in [0.15, 0.2) is 54.6 Å². The van der Waals surface area contributed by atoms with Crippen molar-refractivity contribution in [1.82, 2.24) is 0 Å². The molecular weight excluding hydrogens is 228 g/mol. The van der Waals surface area contributed by atoms with Gasteiger partial charge in [-0.05, 0) is 41.4 Å². The number of hydrogen-bond acceptors (Lipinski definition) is 2. The molecule has 2 aromatic rings. The van der Waals surface area contributed by atoms with E-state index in [-0.39, 0.29) is 0 Å². The van der Waals surface area contributed by atoms with Crippen LogP contribution in [0.2, 0.25) is 0 Å². The van der Waals surface area contributed by atoms with Gasteiger partial charge in [0.1, 0.15) is 5.75 Å². The van der Waals surface area contributed by atoms with E-state index < -0.39 is 0 Å². The van der Waals surface area contributed by atoms with Crippen molar-refractivity contribution in [2.24, 2.45) is 0 Å². The summed E-state index contributed by atoms with van der Waals surface area (Å²) < 4.78 is 0. The van der Waals surface area contributed by atoms with Crippen LogP contribution in [0.25, 0.3) is 0 Å². The zero-order chi connectivity index (χ0) is 12.1. The van der Waals surface area contributed by atoms with Crippen LogP contribution in [0.3, 0.4) is 0 Å². The smallest absolute Gasteiger partial charge is 0.115 e. The SMILES string of the molecule is Oc1ccc(C(CS)Cc2ccccc2)cc1. The van der Waals surface area contributed by atoms with Gasteiger partial charge in [0.25, 0.3) is 0 Å². The van der Waals surface area contributed by atoms with Crippen LogP contribution < -0.4 is 0 Å². The van der Waals surface area contributed by atoms with Gasteiger partial charge in [-0.25, -0.2) is 0 Å². The summed E-state index contributed by atoms with van der Waals surface area (Å²) in [6.07, 6.45) is 0.981. The number of hydrogen-bond donors (Lipinski definition) is 2. The van der Waals surface area contributed by atoms with Crippen molar-refractivity contribution in [2.45, 2.75) is 12.3 Å². The van der Waals surface area contributed by atoms with Crippen molar-refractivity contribution in [3.8, 4) is 5.75 Å². The largest absolute Gasteiger partial charge is 0.508 e. The second kappa shape index (κ2) is 5.78. The van der Waals surface area contributed by atoms with E-state index in [1.807, 2.05) is 18.2 Å². The van der Waals surface area contributed by atoms with Crippen LogP contribution >= 0.6 is 12.6 Å². The zero-order valence-electron chi connectivity index (χ0n) is 9.58. The van der Waals surface area contributed by atoms with Crippen LogP contribution in [0.1, 0.15) is 17.0 Å². The zero-order valence-corrected chi connectivity index (χ0v) is 10.5. The van der Waals surface area contributed by atoms with Gasteiger partial charge in [-0.2, -0.15) is 12.6 Å². The molecular formula is C15H16OS. The summed E-state index contributed by atoms with van der Waals surface area (Å²) in [7, 11) is 0. The van der Waals surface area contributed by atoms with Gasteiger partial charge in [0.2, 0.25) is 0 Å². The van der Waals surface area contributed by atoms with Crippen molar-refractivity contribution in [2.75, 3.05) is 5.75 Å². The molecule has 0 fully saturated rings. The third-order valence-corrected chi connectivity index (χ3v) is 3.35. The first-order chi connectivity index (χ1) is 8.29. The summed E-state index contributed by atoms with van der Waals surface area (Å²) in [5, 5.41) is 9.28. The standard InChI is InChI=1S/C15H16OS/c16-15-8-6-13(7-9-15)14(11-17)10-12-4-2-1-3-5-12/h1-9,14,16-17H,10-11H2. The highest BCUT2D eigenvalue weighted by molar-refractivity contribution is 7.80. The highest BCUT2D eigenvalue weighted by Crippen LogP contribution is 2.23. The van der Waals surface area contributed by atoms with Crippen LogP contribution in [0.4, 0.5) is 0 Å². The fraction of sp³-hybridized carbons (Fsp3) is 0.200. The molecule has 17 heavy (non-hydrogen) atoms. The lowest BCUT2D eigenvalue weighted by molar-refractivity contribution is 0.475. The van der Waals surface area contributed by atoms with Gasteiger partial charge in [0.15, 0.2) is 0 Å². The van der Waals surface area contributed by atoms with Crippen molar-refractivity contribution in [1.29, 1.82) is 0 Å². The molecule has 1 nitrogen and oxygen atoms in total. The molecule has 0 bridgehead atoms. The highest BCUT2D eigenvalue weighted by Gasteiger charge is 2.10. The minimum absolute atomic E-state index is 0.311. The Bertz CT molecular complexity index is 450. The molecule has 0 saturated carbocycles. The molecule has 2 rings (SSSR count). The summed E-state index contributed by atoms with van der Waals surface area (Å²) >= 11 is 4.42. The first-order valence-electron chi connectivity index (χ1n) is 5.73. The van der Waals surface area contributed by atoms with E-state index >= 15 is 0 Å².